The van der Waals surface area contributed by atoms with Gasteiger partial charge in [0.15, 0.2) is 0 Å². The van der Waals surface area contributed by atoms with Gasteiger partial charge in [-0.1, -0.05) is 24.3 Å². The van der Waals surface area contributed by atoms with Gasteiger partial charge in [-0.3, -0.25) is 0 Å². The van der Waals surface area contributed by atoms with E-state index < -0.39 is 0 Å². The van der Waals surface area contributed by atoms with E-state index >= 15 is 0 Å². The summed E-state index contributed by atoms with van der Waals surface area (Å²) in [5.41, 5.74) is 3.19. The van der Waals surface area contributed by atoms with Gasteiger partial charge in [-0.05, 0) is 70.9 Å². The minimum atomic E-state index is 0.0249. The van der Waals surface area contributed by atoms with Gasteiger partial charge >= 0.3 is 0 Å². The maximum absolute atomic E-state index is 14.1. The number of hydrogen-bond acceptors (Lipinski definition) is 5. The summed E-state index contributed by atoms with van der Waals surface area (Å²) in [7, 11) is 2.01. The summed E-state index contributed by atoms with van der Waals surface area (Å²) in [6.45, 7) is 6.12. The highest BCUT2D eigenvalue weighted by atomic mass is 32.1. The average molecular weight is 453 g/mol. The number of para-hydroxylation sites is 2. The molecular weight excluding hydrogens is 419 g/mol. The standard InChI is InChI=1S/C26H33FN4S/c1-4-31(16-15-20(28-3)14-13-19-9-5-6-10-22(19)27)25-21-17-18(2)32-26(21)30-24-12-8-7-11-23(24)29-25/h5-8,10-12,17,19-20,28,30H,4,9,13-16H2,1-3H3/t19?,20-/m0/s1. The van der Waals surface area contributed by atoms with E-state index in [0.29, 0.717) is 6.04 Å². The number of halogens is 1. The lowest BCUT2D eigenvalue weighted by Crippen LogP contribution is -2.36. The number of rotatable bonds is 8. The van der Waals surface area contributed by atoms with E-state index in [1.165, 1.54) is 10.4 Å². The molecule has 1 aliphatic carbocycles. The average Bonchev–Trinajstić information content (AvgIpc) is 3.09. The smallest absolute Gasteiger partial charge is 0.139 e. The van der Waals surface area contributed by atoms with Gasteiger partial charge in [-0.2, -0.15) is 0 Å². The highest BCUT2D eigenvalue weighted by Gasteiger charge is 2.24. The number of fused-ring (bicyclic) bond motifs is 2. The van der Waals surface area contributed by atoms with E-state index in [9.17, 15) is 4.39 Å². The van der Waals surface area contributed by atoms with Crippen LogP contribution in [0.4, 0.5) is 20.8 Å². The van der Waals surface area contributed by atoms with Gasteiger partial charge in [0.05, 0.1) is 16.9 Å². The van der Waals surface area contributed by atoms with Crippen molar-refractivity contribution < 1.29 is 4.39 Å². The second-order valence-electron chi connectivity index (χ2n) is 8.52. The molecule has 4 nitrogen and oxygen atoms in total. The molecule has 1 aliphatic heterocycles. The monoisotopic (exact) mass is 452 g/mol. The number of allylic oxidation sites excluding steroid dienone is 4. The van der Waals surface area contributed by atoms with Crippen LogP contribution in [0, 0.1) is 12.8 Å². The largest absolute Gasteiger partial charge is 0.356 e. The molecule has 1 unspecified atom stereocenters. The molecular formula is C26H33FN4S. The zero-order valence-corrected chi connectivity index (χ0v) is 20.0. The van der Waals surface area contributed by atoms with Gasteiger partial charge in [0.25, 0.3) is 0 Å². The second kappa shape index (κ2) is 10.5. The maximum atomic E-state index is 14.1. The molecule has 0 spiro atoms. The third-order valence-corrected chi connectivity index (χ3v) is 7.34. The predicted octanol–water partition coefficient (Wildman–Crippen LogP) is 6.70. The Morgan fingerprint density at radius 1 is 1.31 bits per heavy atom. The first kappa shape index (κ1) is 22.7. The SMILES string of the molecule is CCN(CC[C@H](CCC1CC=CC=C1F)NC)C1=Nc2ccccc2Nc2sc(C)cc21. The fourth-order valence-corrected chi connectivity index (χ4v) is 5.38. The van der Waals surface area contributed by atoms with Gasteiger partial charge < -0.3 is 15.5 Å². The lowest BCUT2D eigenvalue weighted by Gasteiger charge is -2.27. The van der Waals surface area contributed by atoms with Crippen LogP contribution in [0.2, 0.25) is 0 Å². The highest BCUT2D eigenvalue weighted by molar-refractivity contribution is 7.16. The predicted molar refractivity (Wildman–Crippen MR) is 135 cm³/mol. The molecule has 2 N–H and O–H groups in total. The Kier molecular flexibility index (Phi) is 7.43. The van der Waals surface area contributed by atoms with Crippen molar-refractivity contribution in [3.63, 3.8) is 0 Å². The van der Waals surface area contributed by atoms with E-state index in [-0.39, 0.29) is 11.7 Å². The van der Waals surface area contributed by atoms with Crippen molar-refractivity contribution in [2.45, 2.75) is 45.6 Å². The van der Waals surface area contributed by atoms with Crippen LogP contribution in [0.25, 0.3) is 0 Å². The molecule has 170 valence electrons. The van der Waals surface area contributed by atoms with Gasteiger partial charge in [0.1, 0.15) is 16.7 Å². The molecule has 2 aromatic rings. The third kappa shape index (κ3) is 5.13. The lowest BCUT2D eigenvalue weighted by molar-refractivity contribution is 0.351. The molecule has 0 saturated carbocycles. The fourth-order valence-electron chi connectivity index (χ4n) is 4.46. The molecule has 4 rings (SSSR count). The number of amidine groups is 1. The first-order valence-electron chi connectivity index (χ1n) is 11.6. The summed E-state index contributed by atoms with van der Waals surface area (Å²) < 4.78 is 14.1. The third-order valence-electron chi connectivity index (χ3n) is 6.38. The Bertz CT molecular complexity index is 1020. The van der Waals surface area contributed by atoms with Crippen molar-refractivity contribution in [2.24, 2.45) is 10.9 Å². The molecule has 0 bridgehead atoms. The van der Waals surface area contributed by atoms with Crippen molar-refractivity contribution in [1.82, 2.24) is 10.2 Å². The quantitative estimate of drug-likeness (QED) is 0.468. The molecule has 1 aromatic carbocycles. The molecule has 0 fully saturated rings. The molecule has 32 heavy (non-hydrogen) atoms. The van der Waals surface area contributed by atoms with Crippen molar-refractivity contribution in [2.75, 3.05) is 25.5 Å². The number of thiophene rings is 1. The Labute approximate surface area is 194 Å². The Morgan fingerprint density at radius 3 is 2.94 bits per heavy atom. The molecule has 2 heterocycles. The van der Waals surface area contributed by atoms with Crippen LogP contribution >= 0.6 is 11.3 Å². The van der Waals surface area contributed by atoms with E-state index in [0.717, 1.165) is 61.0 Å². The first-order valence-corrected chi connectivity index (χ1v) is 12.4. The summed E-state index contributed by atoms with van der Waals surface area (Å²) in [5.74, 6) is 1.09. The van der Waals surface area contributed by atoms with Crippen LogP contribution < -0.4 is 10.6 Å². The fraction of sp³-hybridized carbons (Fsp3) is 0.423. The molecule has 2 atom stereocenters. The number of hydrogen-bond donors (Lipinski definition) is 2. The minimum absolute atomic E-state index is 0.0249. The number of anilines is 2. The van der Waals surface area contributed by atoms with E-state index in [1.807, 2.05) is 25.3 Å². The normalized spacial score (nSPS) is 18.1. The van der Waals surface area contributed by atoms with E-state index in [4.69, 9.17) is 4.99 Å². The number of nitrogens with one attached hydrogen (secondary N) is 2. The van der Waals surface area contributed by atoms with Crippen LogP contribution in [0.15, 0.2) is 59.4 Å². The van der Waals surface area contributed by atoms with Gasteiger partial charge in [0.2, 0.25) is 0 Å². The molecule has 0 amide bonds. The summed E-state index contributed by atoms with van der Waals surface area (Å²) in [5, 5.41) is 8.20. The summed E-state index contributed by atoms with van der Waals surface area (Å²) in [4.78, 5) is 8.75. The number of aryl methyl sites for hydroxylation is 1. The van der Waals surface area contributed by atoms with Crippen LogP contribution in [-0.2, 0) is 0 Å². The minimum Gasteiger partial charge on any atom is -0.356 e. The lowest BCUT2D eigenvalue weighted by atomic mass is 9.92. The Balaban J connectivity index is 1.48. The molecule has 0 radical (unpaired) electrons. The van der Waals surface area contributed by atoms with Crippen molar-refractivity contribution >= 4 is 33.5 Å². The zero-order valence-electron chi connectivity index (χ0n) is 19.2. The van der Waals surface area contributed by atoms with Crippen molar-refractivity contribution in [1.29, 1.82) is 0 Å². The first-order chi connectivity index (χ1) is 15.6. The maximum Gasteiger partial charge on any atom is 0.139 e. The van der Waals surface area contributed by atoms with Crippen LogP contribution in [0.5, 0.6) is 0 Å². The van der Waals surface area contributed by atoms with Gasteiger partial charge in [-0.15, -0.1) is 11.3 Å². The number of benzene rings is 1. The van der Waals surface area contributed by atoms with Crippen LogP contribution in [-0.4, -0.2) is 36.9 Å². The highest BCUT2D eigenvalue weighted by Crippen LogP contribution is 2.39. The zero-order chi connectivity index (χ0) is 22.5. The van der Waals surface area contributed by atoms with E-state index in [2.05, 4.69) is 53.7 Å². The van der Waals surface area contributed by atoms with Crippen molar-refractivity contribution in [3.8, 4) is 0 Å². The van der Waals surface area contributed by atoms with Crippen LogP contribution in [0.1, 0.15) is 43.0 Å². The van der Waals surface area contributed by atoms with Crippen LogP contribution in [0.3, 0.4) is 0 Å². The van der Waals surface area contributed by atoms with E-state index in [1.54, 1.807) is 17.4 Å². The molecule has 1 aromatic heterocycles. The van der Waals surface area contributed by atoms with Crippen molar-refractivity contribution in [3.05, 3.63) is 64.8 Å². The molecule has 2 aliphatic rings. The second-order valence-corrected chi connectivity index (χ2v) is 9.78. The Hall–Kier alpha value is -2.44. The van der Waals surface area contributed by atoms with Gasteiger partial charge in [-0.25, -0.2) is 9.38 Å². The number of aliphatic imine (C=N–C) groups is 1. The summed E-state index contributed by atoms with van der Waals surface area (Å²) in [6.07, 6.45) is 9.13. The topological polar surface area (TPSA) is 39.7 Å². The molecule has 0 saturated heterocycles. The summed E-state index contributed by atoms with van der Waals surface area (Å²) in [6, 6.07) is 10.8. The molecule has 6 heteroatoms. The number of nitrogens with zero attached hydrogens (tertiary/aromatic N) is 2. The van der Waals surface area contributed by atoms with Gasteiger partial charge in [0, 0.05) is 29.9 Å². The Morgan fingerprint density at radius 2 is 2.16 bits per heavy atom. The summed E-state index contributed by atoms with van der Waals surface area (Å²) >= 11 is 1.77.